The van der Waals surface area contributed by atoms with Crippen LogP contribution in [0.5, 0.6) is 0 Å². The first-order chi connectivity index (χ1) is 8.79. The molecule has 0 radical (unpaired) electrons. The number of fused-ring (bicyclic) bond motifs is 1. The zero-order chi connectivity index (χ0) is 12.5. The topological polar surface area (TPSA) is 41.3 Å². The molecule has 18 heavy (non-hydrogen) atoms. The van der Waals surface area contributed by atoms with Crippen LogP contribution in [0.25, 0.3) is 11.0 Å². The van der Waals surface area contributed by atoms with E-state index in [0.29, 0.717) is 6.04 Å². The van der Waals surface area contributed by atoms with Gasteiger partial charge in [-0.3, -0.25) is 4.90 Å². The second-order valence-corrected chi connectivity index (χ2v) is 5.02. The summed E-state index contributed by atoms with van der Waals surface area (Å²) in [6, 6.07) is 8.52. The molecular formula is C14H19N3O. The van der Waals surface area contributed by atoms with Crippen LogP contribution in [-0.4, -0.2) is 38.8 Å². The number of aromatic nitrogens is 2. The zero-order valence-electron chi connectivity index (χ0n) is 10.7. The minimum atomic E-state index is 0.254. The van der Waals surface area contributed by atoms with Crippen LogP contribution in [0.15, 0.2) is 24.3 Å². The largest absolute Gasteiger partial charge is 0.395 e. The Kier molecular flexibility index (Phi) is 3.06. The van der Waals surface area contributed by atoms with Crippen molar-refractivity contribution in [2.45, 2.75) is 25.4 Å². The lowest BCUT2D eigenvalue weighted by Gasteiger charge is -2.22. The van der Waals surface area contributed by atoms with Gasteiger partial charge in [0.25, 0.3) is 0 Å². The predicted molar refractivity (Wildman–Crippen MR) is 71.2 cm³/mol. The van der Waals surface area contributed by atoms with Gasteiger partial charge >= 0.3 is 0 Å². The van der Waals surface area contributed by atoms with Crippen molar-refractivity contribution in [1.29, 1.82) is 0 Å². The lowest BCUT2D eigenvalue weighted by atomic mass is 10.2. The molecule has 1 aliphatic heterocycles. The van der Waals surface area contributed by atoms with Crippen LogP contribution in [0, 0.1) is 0 Å². The number of aryl methyl sites for hydroxylation is 1. The average Bonchev–Trinajstić information content (AvgIpc) is 2.96. The Morgan fingerprint density at radius 3 is 3.00 bits per heavy atom. The van der Waals surface area contributed by atoms with Crippen LogP contribution in [0.4, 0.5) is 0 Å². The fourth-order valence-electron chi connectivity index (χ4n) is 2.83. The van der Waals surface area contributed by atoms with E-state index in [0.717, 1.165) is 30.9 Å². The van der Waals surface area contributed by atoms with E-state index < -0.39 is 0 Å². The summed E-state index contributed by atoms with van der Waals surface area (Å²) in [7, 11) is 2.06. The Bertz CT molecular complexity index is 549. The number of nitrogens with zero attached hydrogens (tertiary/aromatic N) is 3. The molecule has 1 aliphatic rings. The van der Waals surface area contributed by atoms with Crippen LogP contribution in [-0.2, 0) is 13.6 Å². The molecule has 1 N–H and O–H groups in total. The van der Waals surface area contributed by atoms with Gasteiger partial charge in [0.1, 0.15) is 5.82 Å². The van der Waals surface area contributed by atoms with Gasteiger partial charge in [0, 0.05) is 13.1 Å². The van der Waals surface area contributed by atoms with Crippen LogP contribution in [0.3, 0.4) is 0 Å². The number of para-hydroxylation sites is 2. The Labute approximate surface area is 107 Å². The van der Waals surface area contributed by atoms with Gasteiger partial charge in [-0.25, -0.2) is 4.98 Å². The van der Waals surface area contributed by atoms with E-state index in [2.05, 4.69) is 27.6 Å². The molecule has 0 saturated carbocycles. The standard InChI is InChI=1S/C14H19N3O/c1-16-13-7-3-2-6-12(13)15-14(16)9-17-8-4-5-11(17)10-18/h2-3,6-7,11,18H,4-5,8-10H2,1H3/t11-/m0/s1. The molecule has 3 rings (SSSR count). The smallest absolute Gasteiger partial charge is 0.123 e. The number of hydrogen-bond acceptors (Lipinski definition) is 3. The van der Waals surface area contributed by atoms with E-state index in [1.807, 2.05) is 18.2 Å². The van der Waals surface area contributed by atoms with Crippen molar-refractivity contribution < 1.29 is 5.11 Å². The van der Waals surface area contributed by atoms with Crippen molar-refractivity contribution in [2.75, 3.05) is 13.2 Å². The highest BCUT2D eigenvalue weighted by atomic mass is 16.3. The van der Waals surface area contributed by atoms with Gasteiger partial charge in [-0.2, -0.15) is 0 Å². The lowest BCUT2D eigenvalue weighted by molar-refractivity contribution is 0.150. The molecule has 4 nitrogen and oxygen atoms in total. The van der Waals surface area contributed by atoms with Crippen LogP contribution in [0.1, 0.15) is 18.7 Å². The molecule has 0 aliphatic carbocycles. The first kappa shape index (κ1) is 11.7. The highest BCUT2D eigenvalue weighted by molar-refractivity contribution is 5.75. The summed E-state index contributed by atoms with van der Waals surface area (Å²) in [5.74, 6) is 1.08. The summed E-state index contributed by atoms with van der Waals surface area (Å²) in [5.41, 5.74) is 2.22. The first-order valence-corrected chi connectivity index (χ1v) is 6.55. The van der Waals surface area contributed by atoms with Gasteiger partial charge in [0.2, 0.25) is 0 Å². The molecule has 0 amide bonds. The van der Waals surface area contributed by atoms with Gasteiger partial charge in [-0.15, -0.1) is 0 Å². The van der Waals surface area contributed by atoms with Gasteiger partial charge in [-0.1, -0.05) is 12.1 Å². The highest BCUT2D eigenvalue weighted by Crippen LogP contribution is 2.21. The number of likely N-dealkylation sites (tertiary alicyclic amines) is 1. The van der Waals surface area contributed by atoms with E-state index in [4.69, 9.17) is 0 Å². The molecule has 1 aromatic carbocycles. The molecule has 0 spiro atoms. The van der Waals surface area contributed by atoms with Crippen LogP contribution in [0.2, 0.25) is 0 Å². The molecule has 2 aromatic rings. The number of hydrogen-bond donors (Lipinski definition) is 1. The summed E-state index contributed by atoms with van der Waals surface area (Å²) in [5, 5.41) is 9.35. The summed E-state index contributed by atoms with van der Waals surface area (Å²) in [4.78, 5) is 7.02. The van der Waals surface area contributed by atoms with Gasteiger partial charge < -0.3 is 9.67 Å². The number of aliphatic hydroxyl groups is 1. The van der Waals surface area contributed by atoms with E-state index in [9.17, 15) is 5.11 Å². The van der Waals surface area contributed by atoms with Crippen molar-refractivity contribution in [3.8, 4) is 0 Å². The van der Waals surface area contributed by atoms with E-state index in [1.54, 1.807) is 0 Å². The molecule has 0 unspecified atom stereocenters. The molecule has 1 fully saturated rings. The Morgan fingerprint density at radius 1 is 1.39 bits per heavy atom. The SMILES string of the molecule is Cn1c(CN2CCC[C@H]2CO)nc2ccccc21. The fourth-order valence-corrected chi connectivity index (χ4v) is 2.83. The van der Waals surface area contributed by atoms with E-state index in [1.165, 1.54) is 11.9 Å². The average molecular weight is 245 g/mol. The van der Waals surface area contributed by atoms with Crippen LogP contribution >= 0.6 is 0 Å². The van der Waals surface area contributed by atoms with E-state index in [-0.39, 0.29) is 6.61 Å². The van der Waals surface area contributed by atoms with Gasteiger partial charge in [-0.05, 0) is 31.5 Å². The third-order valence-electron chi connectivity index (χ3n) is 3.93. The quantitative estimate of drug-likeness (QED) is 0.891. The molecule has 0 bridgehead atoms. The van der Waals surface area contributed by atoms with Crippen LogP contribution < -0.4 is 0 Å². The molecule has 1 saturated heterocycles. The molecule has 96 valence electrons. The predicted octanol–water partition coefficient (Wildman–Crippen LogP) is 1.53. The Hall–Kier alpha value is -1.39. The molecule has 1 aromatic heterocycles. The zero-order valence-corrected chi connectivity index (χ0v) is 10.7. The number of rotatable bonds is 3. The third kappa shape index (κ3) is 1.91. The third-order valence-corrected chi connectivity index (χ3v) is 3.93. The lowest BCUT2D eigenvalue weighted by Crippen LogP contribution is -2.32. The monoisotopic (exact) mass is 245 g/mol. The minimum Gasteiger partial charge on any atom is -0.395 e. The highest BCUT2D eigenvalue weighted by Gasteiger charge is 2.25. The van der Waals surface area contributed by atoms with Crippen molar-refractivity contribution in [3.63, 3.8) is 0 Å². The Balaban J connectivity index is 1.88. The van der Waals surface area contributed by atoms with Crippen molar-refractivity contribution in [1.82, 2.24) is 14.5 Å². The second kappa shape index (κ2) is 4.71. The fraction of sp³-hybridized carbons (Fsp3) is 0.500. The van der Waals surface area contributed by atoms with Crippen molar-refractivity contribution >= 4 is 11.0 Å². The summed E-state index contributed by atoms with van der Waals surface area (Å²) >= 11 is 0. The number of benzene rings is 1. The first-order valence-electron chi connectivity index (χ1n) is 6.55. The molecule has 2 heterocycles. The summed E-state index contributed by atoms with van der Waals surface area (Å²) in [6.07, 6.45) is 2.27. The Morgan fingerprint density at radius 2 is 2.22 bits per heavy atom. The molecule has 1 atom stereocenters. The molecular weight excluding hydrogens is 226 g/mol. The minimum absolute atomic E-state index is 0.254. The number of aliphatic hydroxyl groups excluding tert-OH is 1. The molecule has 4 heteroatoms. The normalized spacial score (nSPS) is 20.9. The van der Waals surface area contributed by atoms with Gasteiger partial charge in [0.15, 0.2) is 0 Å². The van der Waals surface area contributed by atoms with Gasteiger partial charge in [0.05, 0.1) is 24.2 Å². The van der Waals surface area contributed by atoms with Crippen molar-refractivity contribution in [3.05, 3.63) is 30.1 Å². The summed E-state index contributed by atoms with van der Waals surface area (Å²) in [6.45, 7) is 2.15. The maximum atomic E-state index is 9.35. The second-order valence-electron chi connectivity index (χ2n) is 5.02. The number of imidazole rings is 1. The maximum Gasteiger partial charge on any atom is 0.123 e. The summed E-state index contributed by atoms with van der Waals surface area (Å²) < 4.78 is 2.15. The van der Waals surface area contributed by atoms with E-state index >= 15 is 0 Å². The maximum absolute atomic E-state index is 9.35. The van der Waals surface area contributed by atoms with Crippen molar-refractivity contribution in [2.24, 2.45) is 7.05 Å².